The van der Waals surface area contributed by atoms with Gasteiger partial charge in [-0.3, -0.25) is 4.79 Å². The van der Waals surface area contributed by atoms with E-state index in [0.717, 1.165) is 42.3 Å². The summed E-state index contributed by atoms with van der Waals surface area (Å²) in [6, 6.07) is 8.20. The number of nitrogens with zero attached hydrogens (tertiary/aromatic N) is 1. The molecule has 1 aliphatic carbocycles. The van der Waals surface area contributed by atoms with Crippen molar-refractivity contribution >= 4 is 22.8 Å². The Labute approximate surface area is 171 Å². The summed E-state index contributed by atoms with van der Waals surface area (Å²) >= 11 is 0. The number of carbonyl (C=O) groups excluding carboxylic acids is 1. The molecule has 1 saturated carbocycles. The number of amides is 1. The van der Waals surface area contributed by atoms with Crippen LogP contribution in [0.25, 0.3) is 10.9 Å². The molecular weight excluding hydrogens is 368 g/mol. The molecule has 2 heterocycles. The van der Waals surface area contributed by atoms with Crippen molar-refractivity contribution in [1.82, 2.24) is 9.88 Å². The van der Waals surface area contributed by atoms with Crippen molar-refractivity contribution in [3.63, 3.8) is 0 Å². The van der Waals surface area contributed by atoms with Gasteiger partial charge in [0.2, 0.25) is 5.91 Å². The van der Waals surface area contributed by atoms with Crippen molar-refractivity contribution in [2.75, 3.05) is 13.2 Å². The van der Waals surface area contributed by atoms with Gasteiger partial charge in [-0.2, -0.15) is 0 Å². The molecule has 1 aromatic carbocycles. The van der Waals surface area contributed by atoms with Crippen molar-refractivity contribution in [3.05, 3.63) is 35.5 Å². The summed E-state index contributed by atoms with van der Waals surface area (Å²) < 4.78 is 7.41. The minimum atomic E-state index is -0.871. The first-order valence-electron chi connectivity index (χ1n) is 10.5. The standard InChI is InChI=1S/C23H30N2O4/c1-14(25-15(2)20(21(26)27)18-6-4-5-7-19(18)25)16-8-10-17(11-9-16)24-22(28)23(3)12-29-13-23/h4-7,14,16-17H,8-13H2,1-3H3,(H,24,28)(H,26,27)/t14-,16?,17?/m1/s1. The Hall–Kier alpha value is -2.34. The SMILES string of the molecule is Cc1c(C(=O)O)c2ccccc2n1[C@H](C)C1CCC(NC(=O)C2(C)COC2)CC1. The van der Waals surface area contributed by atoms with Crippen LogP contribution < -0.4 is 5.32 Å². The highest BCUT2D eigenvalue weighted by Gasteiger charge is 2.42. The van der Waals surface area contributed by atoms with Gasteiger partial charge in [0.1, 0.15) is 0 Å². The third-order valence-electron chi connectivity index (χ3n) is 6.96. The molecule has 0 bridgehead atoms. The van der Waals surface area contributed by atoms with E-state index in [1.165, 1.54) is 0 Å². The number of aromatic carboxylic acids is 1. The smallest absolute Gasteiger partial charge is 0.338 e. The van der Waals surface area contributed by atoms with Crippen LogP contribution >= 0.6 is 0 Å². The number of hydrogen-bond donors (Lipinski definition) is 2. The number of hydrogen-bond acceptors (Lipinski definition) is 3. The lowest BCUT2D eigenvalue weighted by Crippen LogP contribution is -2.54. The first-order valence-corrected chi connectivity index (χ1v) is 10.5. The largest absolute Gasteiger partial charge is 0.478 e. The number of carbonyl (C=O) groups is 2. The molecule has 1 saturated heterocycles. The molecule has 0 radical (unpaired) electrons. The van der Waals surface area contributed by atoms with Crippen LogP contribution in [0.15, 0.2) is 24.3 Å². The first kappa shape index (κ1) is 20.0. The van der Waals surface area contributed by atoms with Crippen LogP contribution in [0, 0.1) is 18.3 Å². The molecule has 0 spiro atoms. The van der Waals surface area contributed by atoms with Gasteiger partial charge in [-0.15, -0.1) is 0 Å². The number of para-hydroxylation sites is 1. The van der Waals surface area contributed by atoms with E-state index in [1.54, 1.807) is 0 Å². The highest BCUT2D eigenvalue weighted by molar-refractivity contribution is 6.05. The van der Waals surface area contributed by atoms with Gasteiger partial charge in [0.15, 0.2) is 0 Å². The predicted octanol–water partition coefficient (Wildman–Crippen LogP) is 3.92. The minimum Gasteiger partial charge on any atom is -0.478 e. The average Bonchev–Trinajstić information content (AvgIpc) is 2.98. The molecule has 6 heteroatoms. The number of nitrogens with one attached hydrogen (secondary N) is 1. The number of fused-ring (bicyclic) bond motifs is 1. The van der Waals surface area contributed by atoms with E-state index in [1.807, 2.05) is 38.1 Å². The van der Waals surface area contributed by atoms with Gasteiger partial charge in [-0.05, 0) is 58.4 Å². The summed E-state index contributed by atoms with van der Waals surface area (Å²) in [6.07, 6.45) is 3.96. The molecule has 1 aromatic heterocycles. The lowest BCUT2D eigenvalue weighted by atomic mass is 9.80. The van der Waals surface area contributed by atoms with E-state index in [2.05, 4.69) is 16.8 Å². The Balaban J connectivity index is 1.48. The quantitative estimate of drug-likeness (QED) is 0.800. The molecule has 156 valence electrons. The zero-order valence-electron chi connectivity index (χ0n) is 17.4. The van der Waals surface area contributed by atoms with Crippen molar-refractivity contribution in [1.29, 1.82) is 0 Å². The van der Waals surface area contributed by atoms with E-state index in [4.69, 9.17) is 4.74 Å². The molecule has 2 aliphatic rings. The second kappa shape index (κ2) is 7.48. The van der Waals surface area contributed by atoms with Gasteiger partial charge in [-0.25, -0.2) is 4.79 Å². The molecule has 6 nitrogen and oxygen atoms in total. The minimum absolute atomic E-state index is 0.110. The molecule has 2 aromatic rings. The maximum Gasteiger partial charge on any atom is 0.338 e. The summed E-state index contributed by atoms with van der Waals surface area (Å²) in [5.41, 5.74) is 1.85. The Morgan fingerprint density at radius 1 is 1.21 bits per heavy atom. The van der Waals surface area contributed by atoms with Crippen molar-refractivity contribution in [2.24, 2.45) is 11.3 Å². The molecule has 1 atom stereocenters. The number of carboxylic acid groups (broad SMARTS) is 1. The molecule has 0 unspecified atom stereocenters. The Bertz CT molecular complexity index is 936. The predicted molar refractivity (Wildman–Crippen MR) is 111 cm³/mol. The molecular formula is C23H30N2O4. The van der Waals surface area contributed by atoms with Crippen LogP contribution in [0.5, 0.6) is 0 Å². The van der Waals surface area contributed by atoms with Crippen molar-refractivity contribution in [2.45, 2.75) is 58.5 Å². The molecule has 2 fully saturated rings. The maximum atomic E-state index is 12.5. The molecule has 2 N–H and O–H groups in total. The summed E-state index contributed by atoms with van der Waals surface area (Å²) in [6.45, 7) is 7.09. The Kier molecular flexibility index (Phi) is 5.15. The summed E-state index contributed by atoms with van der Waals surface area (Å²) in [5.74, 6) is -0.301. The normalized spacial score (nSPS) is 24.7. The van der Waals surface area contributed by atoms with E-state index in [9.17, 15) is 14.7 Å². The molecule has 1 aliphatic heterocycles. The summed E-state index contributed by atoms with van der Waals surface area (Å²) in [5, 5.41) is 13.7. The second-order valence-corrected chi connectivity index (χ2v) is 9.03. The van der Waals surface area contributed by atoms with Crippen LogP contribution in [0.2, 0.25) is 0 Å². The number of benzene rings is 1. The van der Waals surface area contributed by atoms with Gasteiger partial charge in [0.05, 0.1) is 24.2 Å². The van der Waals surface area contributed by atoms with Crippen LogP contribution in [-0.4, -0.2) is 40.8 Å². The van der Waals surface area contributed by atoms with Gasteiger partial charge in [0.25, 0.3) is 0 Å². The van der Waals surface area contributed by atoms with Crippen LogP contribution in [0.4, 0.5) is 0 Å². The highest BCUT2D eigenvalue weighted by Crippen LogP contribution is 2.38. The lowest BCUT2D eigenvalue weighted by Gasteiger charge is -2.39. The van der Waals surface area contributed by atoms with Crippen LogP contribution in [-0.2, 0) is 9.53 Å². The molecule has 4 rings (SSSR count). The summed E-state index contributed by atoms with van der Waals surface area (Å²) in [7, 11) is 0. The summed E-state index contributed by atoms with van der Waals surface area (Å²) in [4.78, 5) is 24.3. The van der Waals surface area contributed by atoms with E-state index < -0.39 is 5.97 Å². The Morgan fingerprint density at radius 2 is 1.86 bits per heavy atom. The molecule has 29 heavy (non-hydrogen) atoms. The van der Waals surface area contributed by atoms with Crippen LogP contribution in [0.1, 0.15) is 61.6 Å². The fourth-order valence-electron chi connectivity index (χ4n) is 5.04. The van der Waals surface area contributed by atoms with Gasteiger partial charge < -0.3 is 19.7 Å². The number of aromatic nitrogens is 1. The van der Waals surface area contributed by atoms with Crippen LogP contribution in [0.3, 0.4) is 0 Å². The Morgan fingerprint density at radius 3 is 2.45 bits per heavy atom. The third-order valence-corrected chi connectivity index (χ3v) is 6.96. The number of carboxylic acids is 1. The van der Waals surface area contributed by atoms with Crippen molar-refractivity contribution < 1.29 is 19.4 Å². The fourth-order valence-corrected chi connectivity index (χ4v) is 5.04. The zero-order chi connectivity index (χ0) is 20.8. The van der Waals surface area contributed by atoms with Gasteiger partial charge in [-0.1, -0.05) is 18.2 Å². The maximum absolute atomic E-state index is 12.5. The third kappa shape index (κ3) is 3.44. The van der Waals surface area contributed by atoms with Crippen molar-refractivity contribution in [3.8, 4) is 0 Å². The topological polar surface area (TPSA) is 80.6 Å². The number of rotatable bonds is 5. The fraction of sp³-hybridized carbons (Fsp3) is 0.565. The number of ether oxygens (including phenoxy) is 1. The van der Waals surface area contributed by atoms with E-state index >= 15 is 0 Å². The van der Waals surface area contributed by atoms with E-state index in [0.29, 0.717) is 24.7 Å². The van der Waals surface area contributed by atoms with Gasteiger partial charge in [0, 0.05) is 28.7 Å². The highest BCUT2D eigenvalue weighted by atomic mass is 16.5. The average molecular weight is 399 g/mol. The first-order chi connectivity index (χ1) is 13.8. The second-order valence-electron chi connectivity index (χ2n) is 9.03. The van der Waals surface area contributed by atoms with Gasteiger partial charge >= 0.3 is 5.97 Å². The monoisotopic (exact) mass is 398 g/mol. The molecule has 1 amide bonds. The van der Waals surface area contributed by atoms with E-state index in [-0.39, 0.29) is 23.4 Å². The lowest BCUT2D eigenvalue weighted by molar-refractivity contribution is -0.158. The zero-order valence-corrected chi connectivity index (χ0v) is 17.4.